The maximum absolute atomic E-state index is 14.2. The molecule has 3 heterocycles. The third-order valence-corrected chi connectivity index (χ3v) is 8.67. The highest BCUT2D eigenvalue weighted by Gasteiger charge is 2.35. The van der Waals surface area contributed by atoms with Crippen LogP contribution in [0.4, 0.5) is 4.39 Å². The topological polar surface area (TPSA) is 103 Å². The number of thiazole rings is 1. The zero-order valence-corrected chi connectivity index (χ0v) is 25.5. The highest BCUT2D eigenvalue weighted by molar-refractivity contribution is 7.07. The third-order valence-electron chi connectivity index (χ3n) is 7.69. The molecule has 5 aromatic rings. The summed E-state index contributed by atoms with van der Waals surface area (Å²) in [4.78, 5) is 44.3. The molecule has 0 bridgehead atoms. The number of nitrogens with zero attached hydrogens (tertiary/aromatic N) is 3. The Labute approximate surface area is 261 Å². The highest BCUT2D eigenvalue weighted by atomic mass is 32.1. The van der Waals surface area contributed by atoms with Crippen molar-refractivity contribution in [3.05, 3.63) is 150 Å². The van der Waals surface area contributed by atoms with Gasteiger partial charge >= 0.3 is 11.9 Å². The lowest BCUT2D eigenvalue weighted by Crippen LogP contribution is -2.40. The molecule has 226 valence electrons. The number of aromatic nitrogens is 2. The van der Waals surface area contributed by atoms with Crippen LogP contribution < -0.4 is 14.9 Å². The zero-order valence-electron chi connectivity index (χ0n) is 24.7. The summed E-state index contributed by atoms with van der Waals surface area (Å²) >= 11 is 1.20. The van der Waals surface area contributed by atoms with Crippen molar-refractivity contribution >= 4 is 35.0 Å². The van der Waals surface area contributed by atoms with Gasteiger partial charge in [0.15, 0.2) is 4.80 Å². The number of esters is 1. The van der Waals surface area contributed by atoms with E-state index in [0.717, 1.165) is 22.6 Å². The van der Waals surface area contributed by atoms with E-state index in [4.69, 9.17) is 9.73 Å². The number of rotatable bonds is 7. The second-order valence-corrected chi connectivity index (χ2v) is 11.5. The van der Waals surface area contributed by atoms with Crippen LogP contribution in [0.5, 0.6) is 0 Å². The van der Waals surface area contributed by atoms with E-state index in [9.17, 15) is 23.9 Å². The van der Waals surface area contributed by atoms with E-state index < -0.39 is 23.8 Å². The van der Waals surface area contributed by atoms with E-state index >= 15 is 0 Å². The number of carboxylic acids is 1. The van der Waals surface area contributed by atoms with Gasteiger partial charge in [-0.15, -0.1) is 0 Å². The SMILES string of the molecule is CCOC(=O)C1=C(c2ccccc2)N=c2s/c(=C/c3cc(C)n(-c4ccc(C(=O)O)cc4)c3C)c(=O)n2C1c1ccc(F)cc1. The molecule has 1 aliphatic heterocycles. The highest BCUT2D eigenvalue weighted by Crippen LogP contribution is 2.35. The van der Waals surface area contributed by atoms with E-state index in [1.807, 2.05) is 54.8 Å². The van der Waals surface area contributed by atoms with Gasteiger partial charge in [-0.1, -0.05) is 53.8 Å². The number of hydrogen-bond acceptors (Lipinski definition) is 6. The largest absolute Gasteiger partial charge is 0.478 e. The number of fused-ring (bicyclic) bond motifs is 1. The van der Waals surface area contributed by atoms with Crippen LogP contribution in [0.3, 0.4) is 0 Å². The standard InChI is InChI=1S/C35H28FN3O5S/c1-4-44-34(43)29-30(22-8-6-5-7-9-22)37-35-39(31(29)23-10-14-26(36)15-11-23)32(40)28(45-35)19-25-18-20(2)38(21(25)3)27-16-12-24(13-17-27)33(41)42/h5-19,31H,4H2,1-3H3,(H,41,42)/b28-19+. The third kappa shape index (κ3) is 5.44. The van der Waals surface area contributed by atoms with Gasteiger partial charge in [-0.2, -0.15) is 0 Å². The number of aryl methyl sites for hydroxylation is 1. The summed E-state index contributed by atoms with van der Waals surface area (Å²) in [7, 11) is 0. The number of carboxylic acid groups (broad SMARTS) is 1. The molecule has 45 heavy (non-hydrogen) atoms. The van der Waals surface area contributed by atoms with Gasteiger partial charge in [0.05, 0.1) is 34.0 Å². The lowest BCUT2D eigenvalue weighted by Gasteiger charge is -2.25. The number of benzene rings is 3. The van der Waals surface area contributed by atoms with Crippen LogP contribution >= 0.6 is 11.3 Å². The molecule has 10 heteroatoms. The molecule has 0 saturated carbocycles. The lowest BCUT2D eigenvalue weighted by molar-refractivity contribution is -0.138. The number of carbonyl (C=O) groups is 2. The first-order chi connectivity index (χ1) is 21.7. The number of aromatic carboxylic acids is 1. The fourth-order valence-corrected chi connectivity index (χ4v) is 6.62. The molecule has 0 fully saturated rings. The average Bonchev–Trinajstić information content (AvgIpc) is 3.50. The van der Waals surface area contributed by atoms with Gasteiger partial charge in [0.2, 0.25) is 0 Å². The van der Waals surface area contributed by atoms with E-state index in [-0.39, 0.29) is 23.3 Å². The van der Waals surface area contributed by atoms with Crippen molar-refractivity contribution in [3.63, 3.8) is 0 Å². The molecule has 2 aromatic heterocycles. The fraction of sp³-hybridized carbons (Fsp3) is 0.143. The van der Waals surface area contributed by atoms with Gasteiger partial charge < -0.3 is 14.4 Å². The fourth-order valence-electron chi connectivity index (χ4n) is 5.63. The van der Waals surface area contributed by atoms with Crippen molar-refractivity contribution in [2.75, 3.05) is 6.61 Å². The summed E-state index contributed by atoms with van der Waals surface area (Å²) in [5.74, 6) is -2.05. The Kier molecular flexibility index (Phi) is 7.90. The summed E-state index contributed by atoms with van der Waals surface area (Å²) in [5.41, 5.74) is 4.98. The Hall–Kier alpha value is -5.35. The van der Waals surface area contributed by atoms with E-state index in [1.165, 1.54) is 28.0 Å². The minimum absolute atomic E-state index is 0.125. The quantitative estimate of drug-likeness (QED) is 0.253. The van der Waals surface area contributed by atoms with E-state index in [1.54, 1.807) is 49.4 Å². The van der Waals surface area contributed by atoms with Crippen molar-refractivity contribution in [1.29, 1.82) is 0 Å². The lowest BCUT2D eigenvalue weighted by atomic mass is 9.93. The molecule has 1 unspecified atom stereocenters. The van der Waals surface area contributed by atoms with Crippen LogP contribution in [0.2, 0.25) is 0 Å². The summed E-state index contributed by atoms with van der Waals surface area (Å²) in [6, 6.07) is 22.6. The molecular formula is C35H28FN3O5S. The van der Waals surface area contributed by atoms with Gasteiger partial charge in [-0.3, -0.25) is 9.36 Å². The maximum atomic E-state index is 14.2. The van der Waals surface area contributed by atoms with Gasteiger partial charge in [0, 0.05) is 22.6 Å². The molecule has 1 aliphatic rings. The van der Waals surface area contributed by atoms with Crippen molar-refractivity contribution in [2.45, 2.75) is 26.8 Å². The number of halogens is 1. The monoisotopic (exact) mass is 621 g/mol. The maximum Gasteiger partial charge on any atom is 0.338 e. The van der Waals surface area contributed by atoms with Crippen LogP contribution in [-0.2, 0) is 9.53 Å². The number of carbonyl (C=O) groups excluding carboxylic acids is 1. The Balaban J connectivity index is 1.56. The molecule has 0 spiro atoms. The van der Waals surface area contributed by atoms with Crippen molar-refractivity contribution < 1.29 is 23.8 Å². The molecule has 3 aromatic carbocycles. The molecule has 1 N–H and O–H groups in total. The van der Waals surface area contributed by atoms with Crippen LogP contribution in [0.25, 0.3) is 17.5 Å². The molecule has 6 rings (SSSR count). The van der Waals surface area contributed by atoms with E-state index in [0.29, 0.717) is 26.2 Å². The van der Waals surface area contributed by atoms with Crippen LogP contribution in [-0.4, -0.2) is 32.8 Å². The number of ether oxygens (including phenoxy) is 1. The average molecular weight is 622 g/mol. The van der Waals surface area contributed by atoms with Crippen molar-refractivity contribution in [3.8, 4) is 5.69 Å². The predicted octanol–water partition coefficient (Wildman–Crippen LogP) is 5.18. The van der Waals surface area contributed by atoms with Crippen LogP contribution in [0.1, 0.15) is 51.4 Å². The van der Waals surface area contributed by atoms with Gasteiger partial charge in [-0.05, 0) is 80.4 Å². The zero-order chi connectivity index (χ0) is 31.8. The summed E-state index contributed by atoms with van der Waals surface area (Å²) in [6.45, 7) is 5.69. The summed E-state index contributed by atoms with van der Waals surface area (Å²) in [6.07, 6.45) is 1.80. The molecule has 0 aliphatic carbocycles. The van der Waals surface area contributed by atoms with Crippen LogP contribution in [0, 0.1) is 19.7 Å². The Bertz CT molecular complexity index is 2160. The van der Waals surface area contributed by atoms with Gasteiger partial charge in [-0.25, -0.2) is 19.0 Å². The second-order valence-electron chi connectivity index (χ2n) is 10.5. The van der Waals surface area contributed by atoms with Crippen LogP contribution in [0.15, 0.2) is 100 Å². The molecule has 8 nitrogen and oxygen atoms in total. The van der Waals surface area contributed by atoms with Crippen molar-refractivity contribution in [2.24, 2.45) is 4.99 Å². The molecule has 0 amide bonds. The second kappa shape index (κ2) is 12.0. The smallest absolute Gasteiger partial charge is 0.338 e. The van der Waals surface area contributed by atoms with E-state index in [2.05, 4.69) is 0 Å². The Morgan fingerprint density at radius 1 is 1.02 bits per heavy atom. The first kappa shape index (κ1) is 29.7. The minimum Gasteiger partial charge on any atom is -0.478 e. The molecule has 0 saturated heterocycles. The summed E-state index contributed by atoms with van der Waals surface area (Å²) in [5, 5.41) is 9.28. The molecule has 1 atom stereocenters. The van der Waals surface area contributed by atoms with Gasteiger partial charge in [0.1, 0.15) is 5.82 Å². The number of hydrogen-bond donors (Lipinski definition) is 1. The predicted molar refractivity (Wildman–Crippen MR) is 170 cm³/mol. The minimum atomic E-state index is -1.00. The normalized spacial score (nSPS) is 14.7. The van der Waals surface area contributed by atoms with Gasteiger partial charge in [0.25, 0.3) is 5.56 Å². The summed E-state index contributed by atoms with van der Waals surface area (Å²) < 4.78 is 23.4. The Morgan fingerprint density at radius 3 is 2.36 bits per heavy atom. The first-order valence-electron chi connectivity index (χ1n) is 14.2. The molecule has 0 radical (unpaired) electrons. The first-order valence-corrected chi connectivity index (χ1v) is 15.1. The van der Waals surface area contributed by atoms with Crippen molar-refractivity contribution in [1.82, 2.24) is 9.13 Å². The Morgan fingerprint density at radius 2 is 1.71 bits per heavy atom. The molecular weight excluding hydrogens is 593 g/mol.